The number of rotatable bonds is 2. The van der Waals surface area contributed by atoms with Gasteiger partial charge < -0.3 is 0 Å². The number of thiazole rings is 1. The molecule has 2 rings (SSSR count). The molecule has 0 saturated heterocycles. The maximum atomic E-state index is 10.8. The molecular formula is C10H8N2OS. The van der Waals surface area contributed by atoms with Crippen LogP contribution in [-0.4, -0.2) is 16.3 Å². The largest absolute Gasteiger partial charge is 0.297 e. The van der Waals surface area contributed by atoms with Gasteiger partial charge in [0, 0.05) is 18.0 Å². The maximum absolute atomic E-state index is 10.8. The summed E-state index contributed by atoms with van der Waals surface area (Å²) in [5.41, 5.74) is 1.69. The zero-order valence-electron chi connectivity index (χ0n) is 7.60. The molecule has 0 atom stereocenters. The highest BCUT2D eigenvalue weighted by Crippen LogP contribution is 2.25. The quantitative estimate of drug-likeness (QED) is 0.705. The molecule has 0 amide bonds. The number of nitrogens with zero attached hydrogens (tertiary/aromatic N) is 2. The SMILES string of the molecule is Cc1nc(-c2ccncc2)c(C=O)s1. The lowest BCUT2D eigenvalue weighted by Gasteiger charge is -1.95. The first-order valence-corrected chi connectivity index (χ1v) is 4.96. The van der Waals surface area contributed by atoms with E-state index in [-0.39, 0.29) is 0 Å². The van der Waals surface area contributed by atoms with Gasteiger partial charge in [0.1, 0.15) is 0 Å². The van der Waals surface area contributed by atoms with Crippen LogP contribution in [0.5, 0.6) is 0 Å². The smallest absolute Gasteiger partial charge is 0.162 e. The highest BCUT2D eigenvalue weighted by molar-refractivity contribution is 7.13. The van der Waals surface area contributed by atoms with Crippen LogP contribution in [0.1, 0.15) is 14.7 Å². The lowest BCUT2D eigenvalue weighted by atomic mass is 10.2. The molecule has 0 unspecified atom stereocenters. The second-order valence-corrected chi connectivity index (χ2v) is 4.03. The van der Waals surface area contributed by atoms with Gasteiger partial charge in [-0.25, -0.2) is 4.98 Å². The third-order valence-electron chi connectivity index (χ3n) is 1.82. The molecule has 14 heavy (non-hydrogen) atoms. The summed E-state index contributed by atoms with van der Waals surface area (Å²) in [5.74, 6) is 0. The highest BCUT2D eigenvalue weighted by Gasteiger charge is 2.09. The fraction of sp³-hybridized carbons (Fsp3) is 0.100. The Morgan fingerprint density at radius 2 is 2.07 bits per heavy atom. The molecule has 70 valence electrons. The summed E-state index contributed by atoms with van der Waals surface area (Å²) < 4.78 is 0. The lowest BCUT2D eigenvalue weighted by Crippen LogP contribution is -1.83. The van der Waals surface area contributed by atoms with Crippen molar-refractivity contribution in [3.63, 3.8) is 0 Å². The minimum absolute atomic E-state index is 0.675. The standard InChI is InChI=1S/C10H8N2OS/c1-7-12-10(9(6-13)14-7)8-2-4-11-5-3-8/h2-6H,1H3. The normalized spacial score (nSPS) is 10.1. The summed E-state index contributed by atoms with van der Waals surface area (Å²) in [4.78, 5) is 19.7. The Balaban J connectivity index is 2.56. The predicted octanol–water partition coefficient (Wildman–Crippen LogP) is 2.33. The van der Waals surface area contributed by atoms with Gasteiger partial charge in [0.25, 0.3) is 0 Å². The number of carbonyl (C=O) groups is 1. The van der Waals surface area contributed by atoms with Crippen LogP contribution in [0.15, 0.2) is 24.5 Å². The van der Waals surface area contributed by atoms with Gasteiger partial charge in [-0.3, -0.25) is 9.78 Å². The number of hydrogen-bond donors (Lipinski definition) is 0. The molecule has 0 fully saturated rings. The molecule has 3 nitrogen and oxygen atoms in total. The molecule has 0 saturated carbocycles. The van der Waals surface area contributed by atoms with E-state index in [0.717, 1.165) is 22.6 Å². The molecule has 2 aromatic rings. The van der Waals surface area contributed by atoms with Crippen LogP contribution in [0, 0.1) is 6.92 Å². The van der Waals surface area contributed by atoms with Crippen molar-refractivity contribution in [1.29, 1.82) is 0 Å². The number of aldehydes is 1. The third-order valence-corrected chi connectivity index (χ3v) is 2.72. The van der Waals surface area contributed by atoms with Gasteiger partial charge >= 0.3 is 0 Å². The average Bonchev–Trinajstić information content (AvgIpc) is 2.61. The van der Waals surface area contributed by atoms with Crippen LogP contribution < -0.4 is 0 Å². The zero-order chi connectivity index (χ0) is 9.97. The molecule has 0 N–H and O–H groups in total. The third kappa shape index (κ3) is 1.56. The molecule has 4 heteroatoms. The van der Waals surface area contributed by atoms with E-state index >= 15 is 0 Å². The zero-order valence-corrected chi connectivity index (χ0v) is 8.41. The Bertz CT molecular complexity index is 450. The van der Waals surface area contributed by atoms with Gasteiger partial charge in [-0.05, 0) is 19.1 Å². The van der Waals surface area contributed by atoms with Crippen LogP contribution in [0.2, 0.25) is 0 Å². The Morgan fingerprint density at radius 1 is 1.36 bits per heavy atom. The molecule has 0 bridgehead atoms. The average molecular weight is 204 g/mol. The summed E-state index contributed by atoms with van der Waals surface area (Å²) in [6, 6.07) is 3.70. The second-order valence-electron chi connectivity index (χ2n) is 2.80. The number of aryl methyl sites for hydroxylation is 1. The van der Waals surface area contributed by atoms with Crippen molar-refractivity contribution < 1.29 is 4.79 Å². The van der Waals surface area contributed by atoms with E-state index in [1.54, 1.807) is 12.4 Å². The topological polar surface area (TPSA) is 42.9 Å². The first kappa shape index (κ1) is 9.02. The fourth-order valence-corrected chi connectivity index (χ4v) is 2.00. The van der Waals surface area contributed by atoms with E-state index in [9.17, 15) is 4.79 Å². The van der Waals surface area contributed by atoms with Gasteiger partial charge in [0.05, 0.1) is 15.6 Å². The summed E-state index contributed by atoms with van der Waals surface area (Å²) in [6.45, 7) is 1.89. The first-order chi connectivity index (χ1) is 6.81. The van der Waals surface area contributed by atoms with Gasteiger partial charge in [-0.2, -0.15) is 0 Å². The van der Waals surface area contributed by atoms with Gasteiger partial charge in [-0.1, -0.05) is 0 Å². The van der Waals surface area contributed by atoms with Crippen LogP contribution >= 0.6 is 11.3 Å². The summed E-state index contributed by atoms with van der Waals surface area (Å²) in [6.07, 6.45) is 4.23. The molecule has 2 heterocycles. The molecule has 0 spiro atoms. The van der Waals surface area contributed by atoms with E-state index in [1.165, 1.54) is 11.3 Å². The van der Waals surface area contributed by atoms with Crippen molar-refractivity contribution in [2.24, 2.45) is 0 Å². The minimum Gasteiger partial charge on any atom is -0.297 e. The van der Waals surface area contributed by atoms with Gasteiger partial charge in [0.15, 0.2) is 6.29 Å². The Labute approximate surface area is 85.5 Å². The summed E-state index contributed by atoms with van der Waals surface area (Å²) >= 11 is 1.41. The van der Waals surface area contributed by atoms with E-state index in [4.69, 9.17) is 0 Å². The van der Waals surface area contributed by atoms with Crippen LogP contribution in [-0.2, 0) is 0 Å². The van der Waals surface area contributed by atoms with Crippen molar-refractivity contribution in [2.45, 2.75) is 6.92 Å². The fourth-order valence-electron chi connectivity index (χ4n) is 1.24. The van der Waals surface area contributed by atoms with Crippen LogP contribution in [0.25, 0.3) is 11.3 Å². The van der Waals surface area contributed by atoms with Gasteiger partial charge in [0.2, 0.25) is 0 Å². The van der Waals surface area contributed by atoms with E-state index < -0.39 is 0 Å². The maximum Gasteiger partial charge on any atom is 0.162 e. The van der Waals surface area contributed by atoms with Crippen molar-refractivity contribution in [1.82, 2.24) is 9.97 Å². The molecule has 2 aromatic heterocycles. The number of carbonyl (C=O) groups excluding carboxylic acids is 1. The van der Waals surface area contributed by atoms with Crippen molar-refractivity contribution in [3.8, 4) is 11.3 Å². The second kappa shape index (κ2) is 3.67. The number of pyridine rings is 1. The predicted molar refractivity (Wildman–Crippen MR) is 55.5 cm³/mol. The number of hydrogen-bond acceptors (Lipinski definition) is 4. The molecule has 0 aliphatic heterocycles. The monoisotopic (exact) mass is 204 g/mol. The molecule has 0 radical (unpaired) electrons. The molecule has 0 aliphatic rings. The molecule has 0 aliphatic carbocycles. The summed E-state index contributed by atoms with van der Waals surface area (Å²) in [5, 5.41) is 0.902. The Hall–Kier alpha value is -1.55. The number of aromatic nitrogens is 2. The minimum atomic E-state index is 0.675. The highest BCUT2D eigenvalue weighted by atomic mass is 32.1. The van der Waals surface area contributed by atoms with Crippen molar-refractivity contribution in [3.05, 3.63) is 34.4 Å². The summed E-state index contributed by atoms with van der Waals surface area (Å²) in [7, 11) is 0. The van der Waals surface area contributed by atoms with E-state index in [1.807, 2.05) is 19.1 Å². The Kier molecular flexibility index (Phi) is 2.37. The van der Waals surface area contributed by atoms with Crippen LogP contribution in [0.4, 0.5) is 0 Å². The van der Waals surface area contributed by atoms with Crippen molar-refractivity contribution >= 4 is 17.6 Å². The van der Waals surface area contributed by atoms with E-state index in [2.05, 4.69) is 9.97 Å². The first-order valence-electron chi connectivity index (χ1n) is 4.14. The molecule has 0 aromatic carbocycles. The van der Waals surface area contributed by atoms with E-state index in [0.29, 0.717) is 4.88 Å². The Morgan fingerprint density at radius 3 is 2.71 bits per heavy atom. The lowest BCUT2D eigenvalue weighted by molar-refractivity contribution is 0.112. The van der Waals surface area contributed by atoms with Crippen LogP contribution in [0.3, 0.4) is 0 Å². The van der Waals surface area contributed by atoms with Crippen molar-refractivity contribution in [2.75, 3.05) is 0 Å². The van der Waals surface area contributed by atoms with Gasteiger partial charge in [-0.15, -0.1) is 11.3 Å². The molecular weight excluding hydrogens is 196 g/mol.